The number of hydrogen-bond donors (Lipinski definition) is 2. The molecule has 1 aromatic rings. The van der Waals surface area contributed by atoms with Crippen LogP contribution in [-0.2, 0) is 6.54 Å². The van der Waals surface area contributed by atoms with Crippen molar-refractivity contribution in [2.75, 3.05) is 5.73 Å². The molecule has 0 fully saturated rings. The van der Waals surface area contributed by atoms with Gasteiger partial charge in [-0.05, 0) is 6.92 Å². The monoisotopic (exact) mass is 221 g/mol. The SMILES string of the molecule is Cc1nc(CN)cc(OC(F)(F)F)c1N. The highest BCUT2D eigenvalue weighted by Gasteiger charge is 2.32. The fourth-order valence-corrected chi connectivity index (χ4v) is 1.03. The first-order chi connectivity index (χ1) is 6.83. The summed E-state index contributed by atoms with van der Waals surface area (Å²) < 4.78 is 39.6. The van der Waals surface area contributed by atoms with Crippen LogP contribution in [0.5, 0.6) is 5.75 Å². The number of rotatable bonds is 2. The Morgan fingerprint density at radius 1 is 1.47 bits per heavy atom. The normalized spacial score (nSPS) is 11.5. The molecule has 0 saturated heterocycles. The van der Waals surface area contributed by atoms with E-state index in [1.54, 1.807) is 0 Å². The molecule has 0 aromatic carbocycles. The van der Waals surface area contributed by atoms with Crippen LogP contribution in [0.2, 0.25) is 0 Å². The van der Waals surface area contributed by atoms with Gasteiger partial charge in [-0.15, -0.1) is 13.2 Å². The maximum atomic E-state index is 12.0. The number of alkyl halides is 3. The van der Waals surface area contributed by atoms with E-state index in [1.807, 2.05) is 0 Å². The first-order valence-electron chi connectivity index (χ1n) is 4.05. The molecule has 0 aliphatic heterocycles. The smallest absolute Gasteiger partial charge is 0.403 e. The summed E-state index contributed by atoms with van der Waals surface area (Å²) in [5.74, 6) is -0.463. The van der Waals surface area contributed by atoms with E-state index in [-0.39, 0.29) is 17.9 Å². The topological polar surface area (TPSA) is 74.2 Å². The molecular formula is C8H10F3N3O. The molecule has 1 aromatic heterocycles. The first kappa shape index (κ1) is 11.6. The molecule has 1 heterocycles. The maximum absolute atomic E-state index is 12.0. The van der Waals surface area contributed by atoms with Gasteiger partial charge in [-0.3, -0.25) is 4.98 Å². The molecule has 0 unspecified atom stereocenters. The molecule has 15 heavy (non-hydrogen) atoms. The Morgan fingerprint density at radius 3 is 2.53 bits per heavy atom. The number of halogens is 3. The van der Waals surface area contributed by atoms with Crippen LogP contribution in [0, 0.1) is 6.92 Å². The molecule has 7 heteroatoms. The highest BCUT2D eigenvalue weighted by molar-refractivity contribution is 5.56. The van der Waals surface area contributed by atoms with E-state index in [0.717, 1.165) is 6.07 Å². The van der Waals surface area contributed by atoms with Crippen LogP contribution in [0.15, 0.2) is 6.07 Å². The van der Waals surface area contributed by atoms with Gasteiger partial charge in [-0.25, -0.2) is 0 Å². The number of aromatic nitrogens is 1. The lowest BCUT2D eigenvalue weighted by Gasteiger charge is -2.13. The van der Waals surface area contributed by atoms with Gasteiger partial charge < -0.3 is 16.2 Å². The van der Waals surface area contributed by atoms with Gasteiger partial charge in [0.05, 0.1) is 17.1 Å². The molecule has 4 nitrogen and oxygen atoms in total. The summed E-state index contributed by atoms with van der Waals surface area (Å²) in [6.07, 6.45) is -4.77. The van der Waals surface area contributed by atoms with Gasteiger partial charge >= 0.3 is 6.36 Å². The third-order valence-corrected chi connectivity index (χ3v) is 1.70. The van der Waals surface area contributed by atoms with E-state index < -0.39 is 12.1 Å². The van der Waals surface area contributed by atoms with Crippen LogP contribution in [0.4, 0.5) is 18.9 Å². The molecule has 1 rings (SSSR count). The summed E-state index contributed by atoms with van der Waals surface area (Å²) in [6, 6.07) is 1.08. The first-order valence-corrected chi connectivity index (χ1v) is 4.05. The van der Waals surface area contributed by atoms with E-state index in [1.165, 1.54) is 6.92 Å². The van der Waals surface area contributed by atoms with Crippen LogP contribution in [-0.4, -0.2) is 11.3 Å². The predicted molar refractivity (Wildman–Crippen MR) is 48.0 cm³/mol. The average molecular weight is 221 g/mol. The second-order valence-electron chi connectivity index (χ2n) is 2.86. The van der Waals surface area contributed by atoms with Gasteiger partial charge in [0.25, 0.3) is 0 Å². The number of hydrogen-bond acceptors (Lipinski definition) is 4. The van der Waals surface area contributed by atoms with E-state index in [0.29, 0.717) is 5.69 Å². The Balaban J connectivity index is 3.11. The van der Waals surface area contributed by atoms with Crippen molar-refractivity contribution in [3.63, 3.8) is 0 Å². The van der Waals surface area contributed by atoms with Gasteiger partial charge in [-0.2, -0.15) is 0 Å². The van der Waals surface area contributed by atoms with E-state index in [9.17, 15) is 13.2 Å². The van der Waals surface area contributed by atoms with Crippen LogP contribution in [0.3, 0.4) is 0 Å². The number of aryl methyl sites for hydroxylation is 1. The summed E-state index contributed by atoms with van der Waals surface area (Å²) in [5, 5.41) is 0. The zero-order valence-electron chi connectivity index (χ0n) is 7.93. The van der Waals surface area contributed by atoms with Crippen molar-refractivity contribution in [2.45, 2.75) is 19.8 Å². The Morgan fingerprint density at radius 2 is 2.07 bits per heavy atom. The van der Waals surface area contributed by atoms with Gasteiger partial charge in [0.2, 0.25) is 0 Å². The van der Waals surface area contributed by atoms with Crippen LogP contribution in [0.25, 0.3) is 0 Å². The minimum Gasteiger partial charge on any atom is -0.403 e. The maximum Gasteiger partial charge on any atom is 0.573 e. The third kappa shape index (κ3) is 2.98. The molecule has 4 N–H and O–H groups in total. The Hall–Kier alpha value is -1.50. The second-order valence-corrected chi connectivity index (χ2v) is 2.86. The lowest BCUT2D eigenvalue weighted by molar-refractivity contribution is -0.274. The second kappa shape index (κ2) is 3.93. The van der Waals surface area contributed by atoms with Crippen molar-refractivity contribution in [1.29, 1.82) is 0 Å². The average Bonchev–Trinajstić information content (AvgIpc) is 2.10. The minimum absolute atomic E-state index is 0.0232. The summed E-state index contributed by atoms with van der Waals surface area (Å²) in [7, 11) is 0. The van der Waals surface area contributed by atoms with Crippen molar-refractivity contribution in [1.82, 2.24) is 4.98 Å². The van der Waals surface area contributed by atoms with Crippen molar-refractivity contribution < 1.29 is 17.9 Å². The number of nitrogens with zero attached hydrogens (tertiary/aromatic N) is 1. The molecule has 0 bridgehead atoms. The molecule has 84 valence electrons. The summed E-state index contributed by atoms with van der Waals surface area (Å²) in [6.45, 7) is 1.51. The molecule has 0 saturated carbocycles. The van der Waals surface area contributed by atoms with Crippen molar-refractivity contribution in [3.05, 3.63) is 17.5 Å². The molecule has 0 atom stereocenters. The fourth-order valence-electron chi connectivity index (χ4n) is 1.03. The summed E-state index contributed by atoms with van der Waals surface area (Å²) in [5.41, 5.74) is 11.1. The zero-order chi connectivity index (χ0) is 11.6. The lowest BCUT2D eigenvalue weighted by atomic mass is 10.2. The zero-order valence-corrected chi connectivity index (χ0v) is 7.93. The molecular weight excluding hydrogens is 211 g/mol. The van der Waals surface area contributed by atoms with E-state index in [4.69, 9.17) is 11.5 Å². The third-order valence-electron chi connectivity index (χ3n) is 1.70. The van der Waals surface area contributed by atoms with Crippen molar-refractivity contribution in [3.8, 4) is 5.75 Å². The van der Waals surface area contributed by atoms with Gasteiger partial charge in [0.15, 0.2) is 5.75 Å². The number of nitrogens with two attached hydrogens (primary N) is 2. The highest BCUT2D eigenvalue weighted by Crippen LogP contribution is 2.30. The quantitative estimate of drug-likeness (QED) is 0.790. The number of nitrogen functional groups attached to an aromatic ring is 1. The predicted octanol–water partition coefficient (Wildman–Crippen LogP) is 1.33. The highest BCUT2D eigenvalue weighted by atomic mass is 19.4. The standard InChI is InChI=1S/C8H10F3N3O/c1-4-7(13)6(15-8(9,10)11)2-5(3-12)14-4/h2H,3,12-13H2,1H3. The molecule has 0 radical (unpaired) electrons. The summed E-state index contributed by atoms with van der Waals surface area (Å²) >= 11 is 0. The Kier molecular flexibility index (Phi) is 3.04. The van der Waals surface area contributed by atoms with Crippen LogP contribution in [0.1, 0.15) is 11.4 Å². The molecule has 0 aliphatic rings. The van der Waals surface area contributed by atoms with E-state index >= 15 is 0 Å². The fraction of sp³-hybridized carbons (Fsp3) is 0.375. The number of anilines is 1. The van der Waals surface area contributed by atoms with Crippen molar-refractivity contribution in [2.24, 2.45) is 5.73 Å². The largest absolute Gasteiger partial charge is 0.573 e. The molecule has 0 spiro atoms. The Bertz CT molecular complexity index is 365. The van der Waals surface area contributed by atoms with Crippen molar-refractivity contribution >= 4 is 5.69 Å². The number of pyridine rings is 1. The van der Waals surface area contributed by atoms with Gasteiger partial charge in [-0.1, -0.05) is 0 Å². The van der Waals surface area contributed by atoms with Crippen LogP contribution < -0.4 is 16.2 Å². The van der Waals surface area contributed by atoms with Gasteiger partial charge in [0.1, 0.15) is 0 Å². The van der Waals surface area contributed by atoms with E-state index in [2.05, 4.69) is 9.72 Å². The molecule has 0 aliphatic carbocycles. The lowest BCUT2D eigenvalue weighted by Crippen LogP contribution is -2.19. The Labute approximate surface area is 84.0 Å². The molecule has 0 amide bonds. The van der Waals surface area contributed by atoms with Gasteiger partial charge in [0, 0.05) is 12.6 Å². The number of ether oxygens (including phenoxy) is 1. The van der Waals surface area contributed by atoms with Crippen LogP contribution >= 0.6 is 0 Å². The minimum atomic E-state index is -4.77. The summed E-state index contributed by atoms with van der Waals surface area (Å²) in [4.78, 5) is 3.88.